The van der Waals surface area contributed by atoms with Gasteiger partial charge >= 0.3 is 6.09 Å². The van der Waals surface area contributed by atoms with Gasteiger partial charge < -0.3 is 23.9 Å². The van der Waals surface area contributed by atoms with Gasteiger partial charge in [0.25, 0.3) is 0 Å². The Bertz CT molecular complexity index is 575. The fraction of sp³-hybridized carbons (Fsp3) is 0.682. The highest BCUT2D eigenvalue weighted by atomic mass is 32.2. The molecule has 1 atom stereocenters. The van der Waals surface area contributed by atoms with Crippen molar-refractivity contribution in [1.82, 2.24) is 10.2 Å². The number of carbonyl (C=O) groups is 1. The Morgan fingerprint density at radius 1 is 1.24 bits per heavy atom. The molecule has 7 heteroatoms. The minimum atomic E-state index is -0.215. The smallest absolute Gasteiger partial charge is 0.409 e. The van der Waals surface area contributed by atoms with E-state index < -0.39 is 0 Å². The number of nitrogens with one attached hydrogen (secondary N) is 1. The second kappa shape index (κ2) is 13.9. The van der Waals surface area contributed by atoms with E-state index >= 15 is 0 Å². The number of likely N-dealkylation sites (tertiary alicyclic amines) is 1. The molecule has 0 saturated carbocycles. The Kier molecular flexibility index (Phi) is 12.3. The molecule has 0 aliphatic carbocycles. The molecule has 2 heterocycles. The third kappa shape index (κ3) is 8.54. The van der Waals surface area contributed by atoms with E-state index in [-0.39, 0.29) is 17.8 Å². The summed E-state index contributed by atoms with van der Waals surface area (Å²) >= 11 is 1.42. The summed E-state index contributed by atoms with van der Waals surface area (Å²) in [6.45, 7) is 10.3. The summed E-state index contributed by atoms with van der Waals surface area (Å²) in [6, 6.07) is 8.32. The largest absolute Gasteiger partial charge is 0.450 e. The minimum absolute atomic E-state index is 0.102. The standard InChI is InChI=1S/C18H25NO4S.C2H7N.C2H6/c1-3-21-17(20)19-10-8-18(9-11-19)12-15(13-22-18)23-24-16-6-4-14(2)5-7-16;1-3-2;1-2/h4-7,15H,3,8-13H2,1-2H3;3H,1-2H3;1-2H3. The van der Waals surface area contributed by atoms with Crippen molar-refractivity contribution < 1.29 is 18.5 Å². The van der Waals surface area contributed by atoms with Crippen LogP contribution in [0.15, 0.2) is 29.2 Å². The first-order valence-corrected chi connectivity index (χ1v) is 11.3. The molecule has 2 saturated heterocycles. The van der Waals surface area contributed by atoms with E-state index in [1.165, 1.54) is 17.6 Å². The van der Waals surface area contributed by atoms with E-state index in [1.807, 2.05) is 34.9 Å². The number of amides is 1. The van der Waals surface area contributed by atoms with E-state index in [4.69, 9.17) is 13.7 Å². The van der Waals surface area contributed by atoms with Gasteiger partial charge in [-0.3, -0.25) is 0 Å². The number of nitrogens with zero attached hydrogens (tertiary/aromatic N) is 1. The van der Waals surface area contributed by atoms with Crippen molar-refractivity contribution in [3.63, 3.8) is 0 Å². The highest BCUT2D eigenvalue weighted by Gasteiger charge is 2.44. The molecule has 0 radical (unpaired) electrons. The fourth-order valence-electron chi connectivity index (χ4n) is 3.24. The summed E-state index contributed by atoms with van der Waals surface area (Å²) in [5.74, 6) is 0. The number of ether oxygens (including phenoxy) is 2. The van der Waals surface area contributed by atoms with Crippen LogP contribution in [0.2, 0.25) is 0 Å². The van der Waals surface area contributed by atoms with Gasteiger partial charge in [0.2, 0.25) is 0 Å². The maximum absolute atomic E-state index is 11.8. The molecule has 0 aromatic heterocycles. The predicted molar refractivity (Wildman–Crippen MR) is 119 cm³/mol. The zero-order chi connectivity index (χ0) is 21.7. The van der Waals surface area contributed by atoms with Crippen molar-refractivity contribution in [3.05, 3.63) is 29.8 Å². The molecule has 2 aliphatic heterocycles. The van der Waals surface area contributed by atoms with Crippen molar-refractivity contribution in [2.45, 2.75) is 63.6 Å². The molecule has 3 rings (SSSR count). The number of hydrogen-bond donors (Lipinski definition) is 1. The Morgan fingerprint density at radius 2 is 1.83 bits per heavy atom. The second-order valence-corrected chi connectivity index (χ2v) is 7.83. The van der Waals surface area contributed by atoms with Crippen LogP contribution in [0.1, 0.15) is 45.6 Å². The highest BCUT2D eigenvalue weighted by molar-refractivity contribution is 7.94. The lowest BCUT2D eigenvalue weighted by atomic mass is 9.88. The number of rotatable bonds is 4. The van der Waals surface area contributed by atoms with Crippen LogP contribution in [0, 0.1) is 6.92 Å². The summed E-state index contributed by atoms with van der Waals surface area (Å²) in [5.41, 5.74) is 1.11. The summed E-state index contributed by atoms with van der Waals surface area (Å²) < 4.78 is 17.1. The molecule has 6 nitrogen and oxygen atoms in total. The number of aryl methyl sites for hydroxylation is 1. The first kappa shape index (κ1) is 25.8. The molecular weight excluding hydrogens is 388 g/mol. The van der Waals surface area contributed by atoms with Crippen LogP contribution < -0.4 is 5.32 Å². The zero-order valence-corrected chi connectivity index (χ0v) is 19.6. The van der Waals surface area contributed by atoms with Crippen LogP contribution >= 0.6 is 12.0 Å². The quantitative estimate of drug-likeness (QED) is 0.707. The van der Waals surface area contributed by atoms with Gasteiger partial charge in [0, 0.05) is 36.4 Å². The molecule has 1 amide bonds. The minimum Gasteiger partial charge on any atom is -0.450 e. The molecule has 29 heavy (non-hydrogen) atoms. The average molecular weight is 427 g/mol. The summed E-state index contributed by atoms with van der Waals surface area (Å²) in [6.07, 6.45) is 2.48. The summed E-state index contributed by atoms with van der Waals surface area (Å²) in [7, 11) is 3.75. The van der Waals surface area contributed by atoms with Gasteiger partial charge in [-0.15, -0.1) is 0 Å². The average Bonchev–Trinajstić information content (AvgIpc) is 3.13. The lowest BCUT2D eigenvalue weighted by Crippen LogP contribution is -2.46. The van der Waals surface area contributed by atoms with Gasteiger partial charge in [-0.2, -0.15) is 0 Å². The van der Waals surface area contributed by atoms with E-state index in [1.54, 1.807) is 4.90 Å². The topological polar surface area (TPSA) is 60.0 Å². The SMILES string of the molecule is CC.CCOC(=O)N1CCC2(CC1)CC(OSc1ccc(C)cc1)CO2.CNC. The van der Waals surface area contributed by atoms with Gasteiger partial charge in [0.1, 0.15) is 0 Å². The van der Waals surface area contributed by atoms with E-state index in [0.29, 0.717) is 26.3 Å². The highest BCUT2D eigenvalue weighted by Crippen LogP contribution is 2.39. The number of benzene rings is 1. The number of hydrogen-bond acceptors (Lipinski definition) is 6. The van der Waals surface area contributed by atoms with E-state index in [0.717, 1.165) is 24.2 Å². The van der Waals surface area contributed by atoms with Crippen molar-refractivity contribution in [2.75, 3.05) is 40.4 Å². The molecular formula is C22H38N2O4S. The normalized spacial score (nSPS) is 19.7. The number of piperidine rings is 1. The maximum Gasteiger partial charge on any atom is 0.409 e. The molecule has 2 fully saturated rings. The van der Waals surface area contributed by atoms with E-state index in [9.17, 15) is 4.79 Å². The Labute approximate surface area is 180 Å². The van der Waals surface area contributed by atoms with Crippen molar-refractivity contribution in [3.8, 4) is 0 Å². The lowest BCUT2D eigenvalue weighted by Gasteiger charge is -2.37. The second-order valence-electron chi connectivity index (χ2n) is 7.00. The zero-order valence-electron chi connectivity index (χ0n) is 18.8. The molecule has 0 bridgehead atoms. The van der Waals surface area contributed by atoms with Crippen LogP contribution in [0.4, 0.5) is 4.79 Å². The molecule has 166 valence electrons. The molecule has 1 unspecified atom stereocenters. The van der Waals surface area contributed by atoms with Crippen molar-refractivity contribution in [1.29, 1.82) is 0 Å². The first-order chi connectivity index (χ1) is 14.0. The molecule has 1 aromatic carbocycles. The van der Waals surface area contributed by atoms with E-state index in [2.05, 4.69) is 36.5 Å². The van der Waals surface area contributed by atoms with Crippen LogP contribution in [0.25, 0.3) is 0 Å². The monoisotopic (exact) mass is 426 g/mol. The number of carbonyl (C=O) groups excluding carboxylic acids is 1. The van der Waals surface area contributed by atoms with Crippen molar-refractivity contribution in [2.24, 2.45) is 0 Å². The Morgan fingerprint density at radius 3 is 2.38 bits per heavy atom. The van der Waals surface area contributed by atoms with Gasteiger partial charge in [-0.25, -0.2) is 4.79 Å². The van der Waals surface area contributed by atoms with Crippen LogP contribution in [-0.2, 0) is 13.7 Å². The molecule has 1 spiro atoms. The maximum atomic E-state index is 11.8. The predicted octanol–water partition coefficient (Wildman–Crippen LogP) is 4.66. The summed E-state index contributed by atoms with van der Waals surface area (Å²) in [5, 5.41) is 2.75. The molecule has 1 N–H and O–H groups in total. The van der Waals surface area contributed by atoms with Crippen LogP contribution in [-0.4, -0.2) is 63.1 Å². The van der Waals surface area contributed by atoms with Gasteiger partial charge in [-0.05, 0) is 52.9 Å². The third-order valence-electron chi connectivity index (χ3n) is 4.68. The fourth-order valence-corrected chi connectivity index (χ4v) is 3.86. The first-order valence-electron chi connectivity index (χ1n) is 10.6. The van der Waals surface area contributed by atoms with Gasteiger partial charge in [-0.1, -0.05) is 31.5 Å². The summed E-state index contributed by atoms with van der Waals surface area (Å²) in [4.78, 5) is 14.7. The Hall–Kier alpha value is -1.28. The van der Waals surface area contributed by atoms with Crippen molar-refractivity contribution >= 4 is 18.1 Å². The third-order valence-corrected chi connectivity index (χ3v) is 5.51. The van der Waals surface area contributed by atoms with Crippen LogP contribution in [0.5, 0.6) is 0 Å². The lowest BCUT2D eigenvalue weighted by molar-refractivity contribution is -0.0420. The van der Waals surface area contributed by atoms with Gasteiger partial charge in [0.15, 0.2) is 0 Å². The molecule has 1 aromatic rings. The van der Waals surface area contributed by atoms with Crippen LogP contribution in [0.3, 0.4) is 0 Å². The molecule has 2 aliphatic rings. The van der Waals surface area contributed by atoms with Gasteiger partial charge in [0.05, 0.1) is 24.9 Å². The Balaban J connectivity index is 0.000000771.